The fraction of sp³-hybridized carbons (Fsp3) is 0.583. The molecule has 2 N–H and O–H groups in total. The fourth-order valence-corrected chi connectivity index (χ4v) is 1.45. The van der Waals surface area contributed by atoms with Crippen LogP contribution < -0.4 is 16.6 Å². The van der Waals surface area contributed by atoms with Gasteiger partial charge in [-0.1, -0.05) is 20.8 Å². The summed E-state index contributed by atoms with van der Waals surface area (Å²) in [5.41, 5.74) is -0.454. The van der Waals surface area contributed by atoms with E-state index >= 15 is 0 Å². The molecule has 0 spiro atoms. The number of amides is 1. The molecule has 0 aliphatic heterocycles. The molecule has 0 fully saturated rings. The molecule has 0 saturated heterocycles. The molecular weight excluding hydrogens is 234 g/mol. The van der Waals surface area contributed by atoms with Gasteiger partial charge >= 0.3 is 5.69 Å². The van der Waals surface area contributed by atoms with Crippen LogP contribution in [-0.2, 0) is 17.8 Å². The number of rotatable bonds is 5. The van der Waals surface area contributed by atoms with E-state index in [9.17, 15) is 14.4 Å². The molecule has 0 aliphatic carbocycles. The second-order valence-corrected chi connectivity index (χ2v) is 4.59. The summed E-state index contributed by atoms with van der Waals surface area (Å²) in [4.78, 5) is 36.7. The SMILES string of the molecule is CCc1cn(CC(=O)NCC(C)C)c(=O)[nH]c1=O. The number of aryl methyl sites for hydroxylation is 1. The first kappa shape index (κ1) is 14.2. The quantitative estimate of drug-likeness (QED) is 0.766. The topological polar surface area (TPSA) is 84.0 Å². The maximum Gasteiger partial charge on any atom is 0.328 e. The molecule has 1 amide bonds. The van der Waals surface area contributed by atoms with Crippen molar-refractivity contribution in [2.45, 2.75) is 33.7 Å². The lowest BCUT2D eigenvalue weighted by molar-refractivity contribution is -0.121. The van der Waals surface area contributed by atoms with Crippen LogP contribution in [0.4, 0.5) is 0 Å². The molecule has 0 unspecified atom stereocenters. The highest BCUT2D eigenvalue weighted by Crippen LogP contribution is 1.90. The van der Waals surface area contributed by atoms with Crippen LogP contribution in [0.15, 0.2) is 15.8 Å². The van der Waals surface area contributed by atoms with E-state index in [-0.39, 0.29) is 18.0 Å². The number of aromatic nitrogens is 2. The summed E-state index contributed by atoms with van der Waals surface area (Å²) in [5, 5.41) is 2.72. The second-order valence-electron chi connectivity index (χ2n) is 4.59. The zero-order valence-electron chi connectivity index (χ0n) is 10.9. The summed E-state index contributed by atoms with van der Waals surface area (Å²) in [7, 11) is 0. The van der Waals surface area contributed by atoms with Crippen LogP contribution in [0.2, 0.25) is 0 Å². The Labute approximate surface area is 105 Å². The Morgan fingerprint density at radius 2 is 2.11 bits per heavy atom. The molecule has 0 aliphatic rings. The summed E-state index contributed by atoms with van der Waals surface area (Å²) in [6.45, 7) is 6.29. The third-order valence-electron chi connectivity index (χ3n) is 2.49. The van der Waals surface area contributed by atoms with E-state index in [0.29, 0.717) is 24.4 Å². The first-order chi connectivity index (χ1) is 8.43. The van der Waals surface area contributed by atoms with Gasteiger partial charge in [-0.3, -0.25) is 19.1 Å². The summed E-state index contributed by atoms with van der Waals surface area (Å²) >= 11 is 0. The Balaban J connectivity index is 2.81. The first-order valence-corrected chi connectivity index (χ1v) is 6.03. The molecule has 0 aromatic carbocycles. The number of hydrogen-bond donors (Lipinski definition) is 2. The van der Waals surface area contributed by atoms with Crippen molar-refractivity contribution in [1.29, 1.82) is 0 Å². The largest absolute Gasteiger partial charge is 0.354 e. The van der Waals surface area contributed by atoms with Crippen LogP contribution in [0.1, 0.15) is 26.3 Å². The Bertz CT molecular complexity index is 528. The molecule has 0 saturated carbocycles. The van der Waals surface area contributed by atoms with E-state index in [1.165, 1.54) is 10.8 Å². The Morgan fingerprint density at radius 3 is 2.67 bits per heavy atom. The minimum absolute atomic E-state index is 0.0741. The molecule has 6 heteroatoms. The van der Waals surface area contributed by atoms with Crippen LogP contribution in [0.5, 0.6) is 0 Å². The van der Waals surface area contributed by atoms with Crippen molar-refractivity contribution in [2.75, 3.05) is 6.54 Å². The van der Waals surface area contributed by atoms with Crippen LogP contribution in [-0.4, -0.2) is 22.0 Å². The van der Waals surface area contributed by atoms with Crippen molar-refractivity contribution in [2.24, 2.45) is 5.92 Å². The lowest BCUT2D eigenvalue weighted by Crippen LogP contribution is -2.37. The van der Waals surface area contributed by atoms with Crippen LogP contribution >= 0.6 is 0 Å². The van der Waals surface area contributed by atoms with Crippen molar-refractivity contribution in [3.8, 4) is 0 Å². The van der Waals surface area contributed by atoms with E-state index in [2.05, 4.69) is 10.3 Å². The Hall–Kier alpha value is -1.85. The van der Waals surface area contributed by atoms with E-state index in [1.54, 1.807) is 0 Å². The third kappa shape index (κ3) is 3.87. The minimum atomic E-state index is -0.558. The molecule has 6 nitrogen and oxygen atoms in total. The van der Waals surface area contributed by atoms with Crippen LogP contribution in [0.25, 0.3) is 0 Å². The maximum atomic E-state index is 11.6. The smallest absolute Gasteiger partial charge is 0.328 e. The van der Waals surface area contributed by atoms with Crippen molar-refractivity contribution < 1.29 is 4.79 Å². The van der Waals surface area contributed by atoms with Gasteiger partial charge in [-0.25, -0.2) is 4.79 Å². The van der Waals surface area contributed by atoms with Gasteiger partial charge in [0.15, 0.2) is 0 Å². The molecule has 100 valence electrons. The molecular formula is C12H19N3O3. The highest BCUT2D eigenvalue weighted by molar-refractivity contribution is 5.75. The molecule has 18 heavy (non-hydrogen) atoms. The van der Waals surface area contributed by atoms with Gasteiger partial charge in [0, 0.05) is 18.3 Å². The molecule has 0 bridgehead atoms. The zero-order chi connectivity index (χ0) is 13.7. The van der Waals surface area contributed by atoms with Crippen molar-refractivity contribution in [1.82, 2.24) is 14.9 Å². The molecule has 0 radical (unpaired) electrons. The molecule has 1 rings (SSSR count). The van der Waals surface area contributed by atoms with Gasteiger partial charge in [0.1, 0.15) is 6.54 Å². The number of aromatic amines is 1. The van der Waals surface area contributed by atoms with Gasteiger partial charge in [-0.05, 0) is 12.3 Å². The molecule has 0 atom stereocenters. The average molecular weight is 253 g/mol. The molecule has 1 aromatic heterocycles. The predicted molar refractivity (Wildman–Crippen MR) is 68.5 cm³/mol. The summed E-state index contributed by atoms with van der Waals surface area (Å²) in [6, 6.07) is 0. The van der Waals surface area contributed by atoms with Gasteiger partial charge in [0.25, 0.3) is 5.56 Å². The van der Waals surface area contributed by atoms with Gasteiger partial charge in [-0.2, -0.15) is 0 Å². The number of nitrogens with zero attached hydrogens (tertiary/aromatic N) is 1. The van der Waals surface area contributed by atoms with E-state index in [4.69, 9.17) is 0 Å². The van der Waals surface area contributed by atoms with E-state index < -0.39 is 5.69 Å². The number of nitrogens with one attached hydrogen (secondary N) is 2. The zero-order valence-corrected chi connectivity index (χ0v) is 10.9. The Morgan fingerprint density at radius 1 is 1.44 bits per heavy atom. The number of hydrogen-bond acceptors (Lipinski definition) is 3. The predicted octanol–water partition coefficient (Wildman–Crippen LogP) is -0.129. The minimum Gasteiger partial charge on any atom is -0.354 e. The summed E-state index contributed by atoms with van der Waals surface area (Å²) in [6.07, 6.45) is 1.96. The van der Waals surface area contributed by atoms with Crippen LogP contribution in [0.3, 0.4) is 0 Å². The van der Waals surface area contributed by atoms with E-state index in [1.807, 2.05) is 20.8 Å². The average Bonchev–Trinajstić information content (AvgIpc) is 2.30. The van der Waals surface area contributed by atoms with Gasteiger partial charge in [0.2, 0.25) is 5.91 Å². The number of carbonyl (C=O) groups is 1. The highest BCUT2D eigenvalue weighted by Gasteiger charge is 2.07. The van der Waals surface area contributed by atoms with Crippen molar-refractivity contribution in [3.63, 3.8) is 0 Å². The molecule has 1 aromatic rings. The van der Waals surface area contributed by atoms with Gasteiger partial charge in [0.05, 0.1) is 0 Å². The maximum absolute atomic E-state index is 11.6. The molecule has 1 heterocycles. The lowest BCUT2D eigenvalue weighted by Gasteiger charge is -2.09. The highest BCUT2D eigenvalue weighted by atomic mass is 16.2. The first-order valence-electron chi connectivity index (χ1n) is 6.03. The van der Waals surface area contributed by atoms with E-state index in [0.717, 1.165) is 0 Å². The van der Waals surface area contributed by atoms with Gasteiger partial charge in [-0.15, -0.1) is 0 Å². The lowest BCUT2D eigenvalue weighted by atomic mass is 10.2. The monoisotopic (exact) mass is 253 g/mol. The van der Waals surface area contributed by atoms with Crippen LogP contribution in [0, 0.1) is 5.92 Å². The summed E-state index contributed by atoms with van der Waals surface area (Å²) in [5.74, 6) is 0.118. The van der Waals surface area contributed by atoms with Crippen molar-refractivity contribution >= 4 is 5.91 Å². The third-order valence-corrected chi connectivity index (χ3v) is 2.49. The fourth-order valence-electron chi connectivity index (χ4n) is 1.45. The Kier molecular flexibility index (Phi) is 4.88. The second kappa shape index (κ2) is 6.18. The van der Waals surface area contributed by atoms with Gasteiger partial charge < -0.3 is 5.32 Å². The number of H-pyrrole nitrogens is 1. The number of carbonyl (C=O) groups excluding carboxylic acids is 1. The standard InChI is InChI=1S/C12H19N3O3/c1-4-9-6-15(12(18)14-11(9)17)7-10(16)13-5-8(2)3/h6,8H,4-5,7H2,1-3H3,(H,13,16)(H,14,17,18). The van der Waals surface area contributed by atoms with Crippen molar-refractivity contribution in [3.05, 3.63) is 32.6 Å². The summed E-state index contributed by atoms with van der Waals surface area (Å²) < 4.78 is 1.22. The normalized spacial score (nSPS) is 10.7.